The standard InChI is InChI=1S/C22H19F4N3O/c1-27-19-4-2-3-18(23)20(19)28-9-11-29(12-10-28)21(30)17-13-16(17)14-5-7-15(8-6-14)22(24,25)26/h2-8,16-17H,9-13H2/t16?,17-/m0/s1. The highest BCUT2D eigenvalue weighted by atomic mass is 19.4. The van der Waals surface area contributed by atoms with Crippen molar-refractivity contribution in [3.63, 3.8) is 0 Å². The first-order valence-corrected chi connectivity index (χ1v) is 9.66. The molecule has 2 fully saturated rings. The maximum Gasteiger partial charge on any atom is 0.416 e. The first-order valence-electron chi connectivity index (χ1n) is 9.66. The highest BCUT2D eigenvalue weighted by Gasteiger charge is 2.46. The molecule has 156 valence electrons. The monoisotopic (exact) mass is 417 g/mol. The zero-order valence-corrected chi connectivity index (χ0v) is 16.0. The van der Waals surface area contributed by atoms with Gasteiger partial charge in [0.05, 0.1) is 17.8 Å². The number of carbonyl (C=O) groups is 1. The van der Waals surface area contributed by atoms with Gasteiger partial charge < -0.3 is 9.80 Å². The van der Waals surface area contributed by atoms with Crippen molar-refractivity contribution in [2.45, 2.75) is 18.5 Å². The third kappa shape index (κ3) is 3.84. The van der Waals surface area contributed by atoms with E-state index in [0.29, 0.717) is 32.6 Å². The fraction of sp³-hybridized carbons (Fsp3) is 0.364. The number of rotatable bonds is 3. The van der Waals surface area contributed by atoms with Crippen LogP contribution in [0.25, 0.3) is 4.85 Å². The van der Waals surface area contributed by atoms with Gasteiger partial charge in [-0.25, -0.2) is 9.24 Å². The number of benzene rings is 2. The SMILES string of the molecule is [C-]#[N+]c1cccc(F)c1N1CCN(C(=O)[C@H]2CC2c2ccc(C(F)(F)F)cc2)CC1. The normalized spacial score (nSPS) is 21.3. The smallest absolute Gasteiger partial charge is 0.374 e. The first kappa shape index (κ1) is 20.2. The second-order valence-electron chi connectivity index (χ2n) is 7.60. The van der Waals surface area contributed by atoms with Crippen LogP contribution >= 0.6 is 0 Å². The van der Waals surface area contributed by atoms with Crippen LogP contribution in [0.1, 0.15) is 23.5 Å². The van der Waals surface area contributed by atoms with Crippen molar-refractivity contribution < 1.29 is 22.4 Å². The Balaban J connectivity index is 1.37. The zero-order valence-electron chi connectivity index (χ0n) is 16.0. The summed E-state index contributed by atoms with van der Waals surface area (Å²) >= 11 is 0. The van der Waals surface area contributed by atoms with Crippen LogP contribution in [0, 0.1) is 18.3 Å². The number of carbonyl (C=O) groups excluding carboxylic acids is 1. The minimum absolute atomic E-state index is 0.0153. The molecule has 0 radical (unpaired) electrons. The van der Waals surface area contributed by atoms with Crippen LogP contribution < -0.4 is 4.90 Å². The van der Waals surface area contributed by atoms with E-state index in [4.69, 9.17) is 6.57 Å². The van der Waals surface area contributed by atoms with E-state index in [2.05, 4.69) is 4.85 Å². The van der Waals surface area contributed by atoms with Crippen LogP contribution in [0.5, 0.6) is 0 Å². The van der Waals surface area contributed by atoms with Crippen molar-refractivity contribution in [2.75, 3.05) is 31.1 Å². The molecule has 1 amide bonds. The third-order valence-electron chi connectivity index (χ3n) is 5.77. The second-order valence-corrected chi connectivity index (χ2v) is 7.60. The number of hydrogen-bond donors (Lipinski definition) is 0. The van der Waals surface area contributed by atoms with Crippen LogP contribution in [-0.4, -0.2) is 37.0 Å². The molecule has 2 atom stereocenters. The molecule has 0 aromatic heterocycles. The molecular formula is C22H19F4N3O. The van der Waals surface area contributed by atoms with Gasteiger partial charge in [-0.2, -0.15) is 13.2 Å². The Morgan fingerprint density at radius 3 is 2.30 bits per heavy atom. The molecule has 4 rings (SSSR count). The zero-order chi connectivity index (χ0) is 21.5. The summed E-state index contributed by atoms with van der Waals surface area (Å²) in [6, 6.07) is 9.39. The van der Waals surface area contributed by atoms with E-state index in [9.17, 15) is 22.4 Å². The molecule has 30 heavy (non-hydrogen) atoms. The van der Waals surface area contributed by atoms with E-state index in [-0.39, 0.29) is 29.1 Å². The molecule has 1 aliphatic heterocycles. The molecule has 1 saturated heterocycles. The van der Waals surface area contributed by atoms with Crippen molar-refractivity contribution in [2.24, 2.45) is 5.92 Å². The van der Waals surface area contributed by atoms with Crippen molar-refractivity contribution in [1.29, 1.82) is 0 Å². The van der Waals surface area contributed by atoms with Crippen molar-refractivity contribution in [3.8, 4) is 0 Å². The van der Waals surface area contributed by atoms with Gasteiger partial charge in [0, 0.05) is 32.1 Å². The third-order valence-corrected chi connectivity index (χ3v) is 5.77. The molecule has 2 aromatic rings. The van der Waals surface area contributed by atoms with Crippen LogP contribution in [-0.2, 0) is 11.0 Å². The summed E-state index contributed by atoms with van der Waals surface area (Å²) in [6.07, 6.45) is -3.75. The summed E-state index contributed by atoms with van der Waals surface area (Å²) in [6.45, 7) is 8.91. The molecule has 1 saturated carbocycles. The largest absolute Gasteiger partial charge is 0.416 e. The number of hydrogen-bond acceptors (Lipinski definition) is 2. The highest BCUT2D eigenvalue weighted by Crippen LogP contribution is 2.49. The Hall–Kier alpha value is -3.08. The van der Waals surface area contributed by atoms with Gasteiger partial charge in [0.25, 0.3) is 0 Å². The van der Waals surface area contributed by atoms with Crippen LogP contribution in [0.15, 0.2) is 42.5 Å². The first-order chi connectivity index (χ1) is 14.3. The number of halogens is 4. The lowest BCUT2D eigenvalue weighted by Gasteiger charge is -2.37. The summed E-state index contributed by atoms with van der Waals surface area (Å²) in [5.41, 5.74) is 0.568. The average Bonchev–Trinajstić information content (AvgIpc) is 3.53. The molecule has 4 nitrogen and oxygen atoms in total. The predicted molar refractivity (Wildman–Crippen MR) is 104 cm³/mol. The highest BCUT2D eigenvalue weighted by molar-refractivity contribution is 5.83. The summed E-state index contributed by atoms with van der Waals surface area (Å²) in [4.78, 5) is 19.7. The Morgan fingerprint density at radius 2 is 1.70 bits per heavy atom. The Morgan fingerprint density at radius 1 is 1.03 bits per heavy atom. The molecule has 0 N–H and O–H groups in total. The van der Waals surface area contributed by atoms with Crippen molar-refractivity contribution in [1.82, 2.24) is 4.90 Å². The fourth-order valence-electron chi connectivity index (χ4n) is 4.05. The number of anilines is 1. The quantitative estimate of drug-likeness (QED) is 0.528. The van der Waals surface area contributed by atoms with Crippen LogP contribution in [0.2, 0.25) is 0 Å². The van der Waals surface area contributed by atoms with Crippen LogP contribution in [0.4, 0.5) is 28.9 Å². The lowest BCUT2D eigenvalue weighted by molar-refractivity contribution is -0.137. The van der Waals surface area contributed by atoms with E-state index in [0.717, 1.165) is 17.7 Å². The number of alkyl halides is 3. The van der Waals surface area contributed by atoms with E-state index < -0.39 is 17.6 Å². The van der Waals surface area contributed by atoms with E-state index in [1.54, 1.807) is 15.9 Å². The van der Waals surface area contributed by atoms with Crippen LogP contribution in [0.3, 0.4) is 0 Å². The summed E-state index contributed by atoms with van der Waals surface area (Å²) < 4.78 is 52.3. The molecule has 2 aromatic carbocycles. The van der Waals surface area contributed by atoms with E-state index in [1.165, 1.54) is 24.3 Å². The predicted octanol–water partition coefficient (Wildman–Crippen LogP) is 4.85. The molecule has 1 aliphatic carbocycles. The van der Waals surface area contributed by atoms with Gasteiger partial charge >= 0.3 is 6.18 Å². The summed E-state index contributed by atoms with van der Waals surface area (Å²) in [5.74, 6) is -0.745. The molecule has 0 bridgehead atoms. The number of nitrogens with zero attached hydrogens (tertiary/aromatic N) is 3. The van der Waals surface area contributed by atoms with E-state index in [1.807, 2.05) is 0 Å². The molecular weight excluding hydrogens is 398 g/mol. The maximum atomic E-state index is 14.2. The Kier molecular flexibility index (Phi) is 5.14. The molecule has 1 unspecified atom stereocenters. The van der Waals surface area contributed by atoms with Gasteiger partial charge in [0.1, 0.15) is 5.82 Å². The number of piperazine rings is 1. The summed E-state index contributed by atoms with van der Waals surface area (Å²) in [7, 11) is 0. The minimum atomic E-state index is -4.37. The van der Waals surface area contributed by atoms with Gasteiger partial charge in [-0.05, 0) is 36.1 Å². The van der Waals surface area contributed by atoms with Crippen molar-refractivity contribution in [3.05, 3.63) is 70.8 Å². The minimum Gasteiger partial charge on any atom is -0.374 e. The van der Waals surface area contributed by atoms with Gasteiger partial charge in [0.2, 0.25) is 11.6 Å². The lowest BCUT2D eigenvalue weighted by Crippen LogP contribution is -2.49. The topological polar surface area (TPSA) is 27.9 Å². The average molecular weight is 417 g/mol. The molecule has 2 aliphatic rings. The number of amides is 1. The molecule has 1 heterocycles. The van der Waals surface area contributed by atoms with Gasteiger partial charge in [-0.15, -0.1) is 0 Å². The van der Waals surface area contributed by atoms with Gasteiger partial charge in [0.15, 0.2) is 0 Å². The van der Waals surface area contributed by atoms with Gasteiger partial charge in [-0.3, -0.25) is 4.79 Å². The lowest BCUT2D eigenvalue weighted by atomic mass is 10.1. The number of para-hydroxylation sites is 1. The molecule has 8 heteroatoms. The van der Waals surface area contributed by atoms with Crippen molar-refractivity contribution >= 4 is 17.3 Å². The Labute approximate surface area is 171 Å². The second kappa shape index (κ2) is 7.63. The fourth-order valence-corrected chi connectivity index (χ4v) is 4.05. The van der Waals surface area contributed by atoms with Gasteiger partial charge in [-0.1, -0.05) is 24.3 Å². The Bertz CT molecular complexity index is 989. The van der Waals surface area contributed by atoms with E-state index >= 15 is 0 Å². The maximum absolute atomic E-state index is 14.2. The summed E-state index contributed by atoms with van der Waals surface area (Å²) in [5, 5.41) is 0. The molecule has 0 spiro atoms.